The van der Waals surface area contributed by atoms with Gasteiger partial charge >= 0.3 is 17.9 Å². The normalized spacial score (nSPS) is 39.3. The Hall–Kier alpha value is -7.80. The van der Waals surface area contributed by atoms with Gasteiger partial charge in [0, 0.05) is 60.4 Å². The second-order valence-corrected chi connectivity index (χ2v) is 36.0. The number of nitrogens with one attached hydrogen (secondary N) is 9. The van der Waals surface area contributed by atoms with Crippen molar-refractivity contribution in [2.75, 3.05) is 46.2 Å². The second-order valence-electron chi connectivity index (χ2n) is 36.0. The highest BCUT2D eigenvalue weighted by Crippen LogP contribution is 2.43. The molecule has 0 aromatic rings. The molecule has 0 aliphatic carbocycles. The predicted octanol–water partition coefficient (Wildman–Crippen LogP) is -19.2. The number of hydrogen-bond acceptors (Lipinski definition) is 49. The molecular formula is C80H131N9O51. The Bertz CT molecular complexity index is 4160. The highest BCUT2D eigenvalue weighted by Gasteiger charge is 2.65. The molecule has 60 nitrogen and oxygen atoms in total. The molecule has 8 rings (SSSR count). The zero-order valence-corrected chi connectivity index (χ0v) is 77.2. The molecule has 8 heterocycles. The molecule has 0 unspecified atom stereocenters. The van der Waals surface area contributed by atoms with Crippen molar-refractivity contribution in [1.29, 1.82) is 0 Å². The van der Waals surface area contributed by atoms with Crippen LogP contribution in [0.1, 0.15) is 108 Å². The third-order valence-electron chi connectivity index (χ3n) is 23.9. The summed E-state index contributed by atoms with van der Waals surface area (Å²) in [5.74, 6) is -21.7. The van der Waals surface area contributed by atoms with Gasteiger partial charge in [-0.2, -0.15) is 0 Å². The average Bonchev–Trinajstić information content (AvgIpc) is 0.753. The van der Waals surface area contributed by atoms with E-state index in [1.165, 1.54) is 34.6 Å². The summed E-state index contributed by atoms with van der Waals surface area (Å²) in [6, 6.07) is -11.3. The monoisotopic (exact) mass is 2030 g/mol. The molecule has 8 aliphatic heterocycles. The summed E-state index contributed by atoms with van der Waals surface area (Å²) in [4.78, 5) is 162. The Morgan fingerprint density at radius 2 is 0.743 bits per heavy atom. The van der Waals surface area contributed by atoms with Crippen molar-refractivity contribution in [2.45, 2.75) is 382 Å². The lowest BCUT2D eigenvalue weighted by Crippen LogP contribution is -2.72. The number of aliphatic hydroxyl groups excluding tert-OH is 22. The average molecular weight is 2030 g/mol. The Balaban J connectivity index is 0.998. The Morgan fingerprint density at radius 1 is 0.393 bits per heavy atom. The van der Waals surface area contributed by atoms with Gasteiger partial charge in [0.05, 0.1) is 89.0 Å². The van der Waals surface area contributed by atoms with Gasteiger partial charge in [-0.25, -0.2) is 14.4 Å². The molecule has 0 radical (unpaired) electrons. The number of aliphatic hydroxyl groups is 22. The molecule has 33 N–H and O–H groups in total. The van der Waals surface area contributed by atoms with Crippen LogP contribution in [-0.2, 0) is 129 Å². The van der Waals surface area contributed by atoms with Crippen molar-refractivity contribution in [1.82, 2.24) is 47.9 Å². The van der Waals surface area contributed by atoms with Gasteiger partial charge in [0.15, 0.2) is 37.6 Å². The molecule has 0 aromatic heterocycles. The van der Waals surface area contributed by atoms with Gasteiger partial charge in [0.1, 0.15) is 188 Å². The number of ether oxygens (including phenoxy) is 15. The van der Waals surface area contributed by atoms with E-state index in [-0.39, 0.29) is 6.42 Å². The number of amides is 9. The Morgan fingerprint density at radius 3 is 1.08 bits per heavy atom. The number of esters is 1. The van der Waals surface area contributed by atoms with E-state index in [4.69, 9.17) is 71.1 Å². The summed E-state index contributed by atoms with van der Waals surface area (Å²) in [6.07, 6.45) is -82.4. The number of hydrogen-bond donors (Lipinski definition) is 33. The maximum atomic E-state index is 14.6. The van der Waals surface area contributed by atoms with Gasteiger partial charge < -0.3 is 241 Å². The minimum atomic E-state index is -3.32. The molecule has 0 saturated carbocycles. The van der Waals surface area contributed by atoms with Crippen LogP contribution in [0.5, 0.6) is 0 Å². The third kappa shape index (κ3) is 28.9. The number of aliphatic carboxylic acids is 2. The van der Waals surface area contributed by atoms with Crippen LogP contribution >= 0.6 is 0 Å². The maximum absolute atomic E-state index is 14.6. The summed E-state index contributed by atoms with van der Waals surface area (Å²) in [7, 11) is 0. The van der Waals surface area contributed by atoms with E-state index in [1.54, 1.807) is 0 Å². The fourth-order valence-corrected chi connectivity index (χ4v) is 17.0. The van der Waals surface area contributed by atoms with Crippen LogP contribution in [-0.4, -0.2) is 514 Å². The first kappa shape index (κ1) is 117. The zero-order chi connectivity index (χ0) is 105. The molecule has 0 spiro atoms. The first-order valence-corrected chi connectivity index (χ1v) is 44.5. The first-order chi connectivity index (χ1) is 65.4. The molecule has 9 amide bonds. The van der Waals surface area contributed by atoms with Crippen molar-refractivity contribution in [3.05, 3.63) is 0 Å². The van der Waals surface area contributed by atoms with Crippen LogP contribution < -0.4 is 47.9 Å². The molecule has 0 bridgehead atoms. The van der Waals surface area contributed by atoms with Crippen LogP contribution in [0.15, 0.2) is 0 Å². The third-order valence-corrected chi connectivity index (χ3v) is 23.9. The number of rotatable bonds is 42. The number of carboxylic acid groups (broad SMARTS) is 2. The molecule has 60 heteroatoms. The molecule has 8 saturated heterocycles. The van der Waals surface area contributed by atoms with E-state index in [1.807, 2.05) is 0 Å². The Kier molecular flexibility index (Phi) is 42.6. The quantitative estimate of drug-likeness (QED) is 0.0199. The SMILES string of the molecule is CC(=O)N[C@@H]1[C@@H](O[C@@H]2O[C@@H](C)[C@@H](O)[C@@H](O)[C@@H]2O)[C@H](O[C@@H]2O[C@H](CO)[C@H](O)[C@H](O[C@]3(C(=O)O)C[C@H](O)[C@@H](NC(C)=O)[C@H]([C@H](O)[C@H](O)CO)O3)[C@H]2O)[C@@H](CO)O[C@H]1NC(=O)C[C@H](NC(C)=O)C(=O)NCCCC(=O)N[C@@H](CC(=O)N[C@@H]1O[C@H](CO)[C@@H](O[C@@H]2O[C@H](CO)[C@H](O)[C@H](O[C@]3(C(=O)O)C[C@H](O)[C@@H](NC(C)=O)[C@H]([C@H](O)[C@H](O)CO)O3)[C@H]2O)[C@H](O[C@@H]2O[C@@H](C)[C@@H](O)[C@@H](O)[C@@H]2O)[C@H]1NC(C)=O)C(=O)OC(C)(C)C. The van der Waals surface area contributed by atoms with Gasteiger partial charge in [-0.3, -0.25) is 43.2 Å². The van der Waals surface area contributed by atoms with Gasteiger partial charge in [0.2, 0.25) is 53.2 Å². The van der Waals surface area contributed by atoms with E-state index < -0.39 is 424 Å². The van der Waals surface area contributed by atoms with Crippen LogP contribution in [0.4, 0.5) is 0 Å². The summed E-state index contributed by atoms with van der Waals surface area (Å²) in [5.41, 5.74) is -1.36. The van der Waals surface area contributed by atoms with E-state index in [0.717, 1.165) is 34.6 Å². The highest BCUT2D eigenvalue weighted by atomic mass is 16.8. The number of carbonyl (C=O) groups excluding carboxylic acids is 10. The molecule has 44 atom stereocenters. The van der Waals surface area contributed by atoms with Crippen molar-refractivity contribution in [3.8, 4) is 0 Å². The fraction of sp³-hybridized carbons (Fsp3) is 0.850. The fourth-order valence-electron chi connectivity index (χ4n) is 17.0. The van der Waals surface area contributed by atoms with Gasteiger partial charge in [-0.1, -0.05) is 0 Å². The van der Waals surface area contributed by atoms with Gasteiger partial charge in [-0.05, 0) is 41.0 Å². The van der Waals surface area contributed by atoms with Crippen LogP contribution in [0.25, 0.3) is 0 Å². The minimum Gasteiger partial charge on any atom is -0.477 e. The lowest BCUT2D eigenvalue weighted by atomic mass is 9.88. The summed E-state index contributed by atoms with van der Waals surface area (Å²) in [5, 5.41) is 285. The topological polar surface area (TPSA) is 937 Å². The summed E-state index contributed by atoms with van der Waals surface area (Å²) >= 11 is 0. The first-order valence-electron chi connectivity index (χ1n) is 44.5. The van der Waals surface area contributed by atoms with Crippen molar-refractivity contribution >= 4 is 71.1 Å². The highest BCUT2D eigenvalue weighted by molar-refractivity contribution is 5.92. The van der Waals surface area contributed by atoms with Crippen LogP contribution in [0, 0.1) is 0 Å². The summed E-state index contributed by atoms with van der Waals surface area (Å²) in [6.45, 7) is 3.38. The standard InChI is InChI=1S/C80H131N9O51/c1-24-48(108)54(114)56(116)72(126-24)134-64-46(85-29(6)99)69(128-39(22-94)60(64)132-74-58(118)66(52(112)37(20-92)130-74)138-79(76(122)123)16-33(101)44(83-27(4)97)62(136-79)50(110)35(103)18-90)88-42(106)14-31(82-26(3)96)68(120)81-13-11-12-41(105)87-32(71(121)140-78(8,9)10)15-43(107)89-70-47(86-30(7)100)65(135-73-57(117)55(115)49(109)25(2)127-73)61(40(23-95)129-70)133-75-59(119)67(53(113)38(21-93)131-75)139-80(77(124)125)17-34(102)45(84-28(5)98)63(137-80)51(111)36(104)19-91/h24-25,31-40,44-67,69-70,72-75,90-95,101-104,108-119H,11-23H2,1-10H3,(H,81,120)(H,82,96)(H,83,97)(H,84,98)(H,85,99)(H,86,100)(H,87,105)(H,88,106)(H,89,107)(H,122,123)(H,124,125)/t24-,25-,31-,32-,33-,34-,35+,36+,37+,38+,39+,40+,44+,45+,46+,47+,48+,49+,50+,51+,52-,53-,54+,55+,56-,57-,58+,59+,60+,61+,62+,63+,64+,65+,66-,67-,69+,70+,72-,73-,74-,75-,79-,80-/m0/s1. The second kappa shape index (κ2) is 50.8. The molecule has 802 valence electrons. The molecule has 8 aliphatic rings. The molecule has 0 aromatic carbocycles. The number of carbonyl (C=O) groups is 12. The lowest BCUT2D eigenvalue weighted by Gasteiger charge is -2.52. The lowest BCUT2D eigenvalue weighted by molar-refractivity contribution is -0.386. The van der Waals surface area contributed by atoms with Crippen molar-refractivity contribution < 1.29 is 251 Å². The van der Waals surface area contributed by atoms with E-state index in [2.05, 4.69) is 47.9 Å². The predicted molar refractivity (Wildman–Crippen MR) is 444 cm³/mol. The minimum absolute atomic E-state index is 0.371. The Labute approximate surface area is 795 Å². The maximum Gasteiger partial charge on any atom is 0.364 e. The van der Waals surface area contributed by atoms with E-state index >= 15 is 0 Å². The van der Waals surface area contributed by atoms with Crippen molar-refractivity contribution in [3.63, 3.8) is 0 Å². The smallest absolute Gasteiger partial charge is 0.364 e. The van der Waals surface area contributed by atoms with Crippen LogP contribution in [0.3, 0.4) is 0 Å². The van der Waals surface area contributed by atoms with Crippen molar-refractivity contribution in [2.24, 2.45) is 0 Å². The van der Waals surface area contributed by atoms with Crippen LogP contribution in [0.2, 0.25) is 0 Å². The zero-order valence-electron chi connectivity index (χ0n) is 77.2. The largest absolute Gasteiger partial charge is 0.477 e. The molecular weight excluding hydrogens is 1900 g/mol. The van der Waals surface area contributed by atoms with Gasteiger partial charge in [-0.15, -0.1) is 0 Å². The van der Waals surface area contributed by atoms with Gasteiger partial charge in [0.25, 0.3) is 11.6 Å². The van der Waals surface area contributed by atoms with E-state index in [0.29, 0.717) is 0 Å². The molecule has 8 fully saturated rings. The molecule has 140 heavy (non-hydrogen) atoms. The summed E-state index contributed by atoms with van der Waals surface area (Å²) < 4.78 is 88.6. The van der Waals surface area contributed by atoms with E-state index in [9.17, 15) is 180 Å². The number of carboxylic acids is 2.